The molecule has 1 fully saturated rings. The van der Waals surface area contributed by atoms with Gasteiger partial charge in [0.05, 0.1) is 5.56 Å². The van der Waals surface area contributed by atoms with Crippen molar-refractivity contribution in [1.82, 2.24) is 14.8 Å². The number of halogens is 1. The van der Waals surface area contributed by atoms with Gasteiger partial charge in [-0.2, -0.15) is 0 Å². The molecular weight excluding hydrogens is 352 g/mol. The smallest absolute Gasteiger partial charge is 0.255 e. The van der Waals surface area contributed by atoms with E-state index in [-0.39, 0.29) is 5.91 Å². The molecule has 2 aromatic rings. The van der Waals surface area contributed by atoms with Gasteiger partial charge in [-0.05, 0) is 36.2 Å². The van der Waals surface area contributed by atoms with Crippen LogP contribution in [0.1, 0.15) is 15.9 Å². The lowest BCUT2D eigenvalue weighted by Gasteiger charge is -2.32. The highest BCUT2D eigenvalue weighted by molar-refractivity contribution is 6.30. The van der Waals surface area contributed by atoms with Crippen LogP contribution in [0, 0.1) is 0 Å². The van der Waals surface area contributed by atoms with Crippen molar-refractivity contribution in [3.8, 4) is 0 Å². The number of hydrogen-bond donors (Lipinski definition) is 1. The van der Waals surface area contributed by atoms with Gasteiger partial charge < -0.3 is 15.1 Å². The van der Waals surface area contributed by atoms with Gasteiger partial charge in [0, 0.05) is 43.9 Å². The van der Waals surface area contributed by atoms with Gasteiger partial charge in [-0.15, -0.1) is 0 Å². The minimum absolute atomic E-state index is 0.0477. The molecule has 136 valence electrons. The van der Waals surface area contributed by atoms with Crippen molar-refractivity contribution in [2.75, 3.05) is 38.0 Å². The number of amides is 2. The molecule has 0 atom stereocenters. The Bertz CT molecular complexity index is 758. The average molecular weight is 373 g/mol. The van der Waals surface area contributed by atoms with E-state index in [0.29, 0.717) is 31.7 Å². The minimum Gasteiger partial charge on any atom is -0.370 e. The lowest BCUT2D eigenvalue weighted by molar-refractivity contribution is -0.119. The number of nitrogens with zero attached hydrogens (tertiary/aromatic N) is 3. The second kappa shape index (κ2) is 8.67. The third kappa shape index (κ3) is 4.73. The Kier molecular flexibility index (Phi) is 6.07. The largest absolute Gasteiger partial charge is 0.370 e. The van der Waals surface area contributed by atoms with E-state index in [1.807, 2.05) is 30.3 Å². The summed E-state index contributed by atoms with van der Waals surface area (Å²) in [5.41, 5.74) is 1.72. The molecule has 1 aliphatic heterocycles. The molecule has 2 amide bonds. The van der Waals surface area contributed by atoms with Gasteiger partial charge in [-0.1, -0.05) is 23.7 Å². The molecule has 1 saturated heterocycles. The summed E-state index contributed by atoms with van der Waals surface area (Å²) in [4.78, 5) is 31.0. The van der Waals surface area contributed by atoms with E-state index in [9.17, 15) is 9.59 Å². The number of carbonyl (C=O) groups is 2. The fourth-order valence-corrected chi connectivity index (χ4v) is 3.08. The van der Waals surface area contributed by atoms with Crippen LogP contribution < -0.4 is 5.32 Å². The van der Waals surface area contributed by atoms with Gasteiger partial charge in [0.25, 0.3) is 5.91 Å². The highest BCUT2D eigenvalue weighted by atomic mass is 35.5. The molecule has 1 aliphatic rings. The quantitative estimate of drug-likeness (QED) is 0.790. The van der Waals surface area contributed by atoms with Gasteiger partial charge in [-0.25, -0.2) is 4.98 Å². The fourth-order valence-electron chi connectivity index (χ4n) is 2.87. The first-order valence-corrected chi connectivity index (χ1v) is 8.96. The third-order valence-electron chi connectivity index (χ3n) is 4.37. The van der Waals surface area contributed by atoms with E-state index in [0.717, 1.165) is 35.8 Å². The lowest BCUT2D eigenvalue weighted by atomic mass is 10.1. The van der Waals surface area contributed by atoms with Crippen LogP contribution in [-0.2, 0) is 11.2 Å². The van der Waals surface area contributed by atoms with Crippen LogP contribution in [0.5, 0.6) is 0 Å². The molecule has 0 saturated carbocycles. The maximum Gasteiger partial charge on any atom is 0.255 e. The molecular formula is C19H21ClN4O2. The van der Waals surface area contributed by atoms with Crippen molar-refractivity contribution in [2.24, 2.45) is 0 Å². The Labute approximate surface area is 157 Å². The number of pyridine rings is 1. The zero-order chi connectivity index (χ0) is 18.4. The summed E-state index contributed by atoms with van der Waals surface area (Å²) in [6.45, 7) is 2.99. The van der Waals surface area contributed by atoms with Crippen molar-refractivity contribution in [3.63, 3.8) is 0 Å². The number of rotatable bonds is 6. The number of carbonyl (C=O) groups excluding carboxylic acids is 2. The first kappa shape index (κ1) is 18.2. The highest BCUT2D eigenvalue weighted by Gasteiger charge is 2.21. The maximum absolute atomic E-state index is 12.5. The summed E-state index contributed by atoms with van der Waals surface area (Å²) in [5.74, 6) is 0.683. The van der Waals surface area contributed by atoms with Gasteiger partial charge in [-0.3, -0.25) is 9.59 Å². The molecule has 7 heteroatoms. The molecule has 26 heavy (non-hydrogen) atoms. The SMILES string of the molecule is O=CN1CCN(C(=O)c2ccc(NCCc3cccc(Cl)c3)nc2)CC1. The number of piperazine rings is 1. The standard InChI is InChI=1S/C19H21ClN4O2/c20-17-3-1-2-15(12-17)6-7-21-18-5-4-16(13-22-18)19(26)24-10-8-23(14-25)9-11-24/h1-5,12-14H,6-11H2,(H,21,22). The second-order valence-electron chi connectivity index (χ2n) is 6.17. The van der Waals surface area contributed by atoms with Crippen molar-refractivity contribution in [3.05, 3.63) is 58.7 Å². The van der Waals surface area contributed by atoms with Crippen LogP contribution >= 0.6 is 11.6 Å². The summed E-state index contributed by atoms with van der Waals surface area (Å²) >= 11 is 5.98. The predicted octanol–water partition coefficient (Wildman–Crippen LogP) is 2.30. The monoisotopic (exact) mass is 372 g/mol. The van der Waals surface area contributed by atoms with Crippen LogP contribution in [-0.4, -0.2) is 59.8 Å². The van der Waals surface area contributed by atoms with E-state index < -0.39 is 0 Å². The Morgan fingerprint density at radius 2 is 2.00 bits per heavy atom. The molecule has 1 aromatic carbocycles. The number of aromatic nitrogens is 1. The Balaban J connectivity index is 1.50. The van der Waals surface area contributed by atoms with Crippen molar-refractivity contribution >= 4 is 29.7 Å². The number of benzene rings is 1. The highest BCUT2D eigenvalue weighted by Crippen LogP contribution is 2.13. The van der Waals surface area contributed by atoms with Crippen LogP contribution in [0.15, 0.2) is 42.6 Å². The Morgan fingerprint density at radius 3 is 2.65 bits per heavy atom. The summed E-state index contributed by atoms with van der Waals surface area (Å²) in [6.07, 6.45) is 3.26. The van der Waals surface area contributed by atoms with Gasteiger partial charge in [0.15, 0.2) is 0 Å². The summed E-state index contributed by atoms with van der Waals surface area (Å²) in [6, 6.07) is 11.4. The Hall–Kier alpha value is -2.60. The van der Waals surface area contributed by atoms with Crippen molar-refractivity contribution < 1.29 is 9.59 Å². The number of nitrogens with one attached hydrogen (secondary N) is 1. The van der Waals surface area contributed by atoms with Crippen molar-refractivity contribution in [1.29, 1.82) is 0 Å². The van der Waals surface area contributed by atoms with Crippen LogP contribution in [0.2, 0.25) is 5.02 Å². The fraction of sp³-hybridized carbons (Fsp3) is 0.316. The average Bonchev–Trinajstić information content (AvgIpc) is 2.68. The lowest BCUT2D eigenvalue weighted by Crippen LogP contribution is -2.48. The van der Waals surface area contributed by atoms with E-state index in [1.54, 1.807) is 22.1 Å². The third-order valence-corrected chi connectivity index (χ3v) is 4.60. The molecule has 1 aromatic heterocycles. The van der Waals surface area contributed by atoms with E-state index in [4.69, 9.17) is 11.6 Å². The molecule has 0 spiro atoms. The molecule has 0 bridgehead atoms. The summed E-state index contributed by atoms with van der Waals surface area (Å²) < 4.78 is 0. The zero-order valence-corrected chi connectivity index (χ0v) is 15.2. The number of anilines is 1. The maximum atomic E-state index is 12.5. The molecule has 0 aliphatic carbocycles. The predicted molar refractivity (Wildman–Crippen MR) is 101 cm³/mol. The van der Waals surface area contributed by atoms with Crippen LogP contribution in [0.3, 0.4) is 0 Å². The normalized spacial score (nSPS) is 14.2. The van der Waals surface area contributed by atoms with E-state index in [2.05, 4.69) is 10.3 Å². The molecule has 2 heterocycles. The van der Waals surface area contributed by atoms with Crippen molar-refractivity contribution in [2.45, 2.75) is 6.42 Å². The summed E-state index contributed by atoms with van der Waals surface area (Å²) in [5, 5.41) is 3.98. The zero-order valence-electron chi connectivity index (χ0n) is 14.4. The molecule has 0 radical (unpaired) electrons. The summed E-state index contributed by atoms with van der Waals surface area (Å²) in [7, 11) is 0. The molecule has 1 N–H and O–H groups in total. The van der Waals surface area contributed by atoms with Gasteiger partial charge >= 0.3 is 0 Å². The van der Waals surface area contributed by atoms with E-state index in [1.165, 1.54) is 0 Å². The number of hydrogen-bond acceptors (Lipinski definition) is 4. The van der Waals surface area contributed by atoms with Crippen LogP contribution in [0.25, 0.3) is 0 Å². The van der Waals surface area contributed by atoms with Crippen LogP contribution in [0.4, 0.5) is 5.82 Å². The Morgan fingerprint density at radius 1 is 1.19 bits per heavy atom. The molecule has 6 nitrogen and oxygen atoms in total. The minimum atomic E-state index is -0.0477. The van der Waals surface area contributed by atoms with Gasteiger partial charge in [0.1, 0.15) is 5.82 Å². The van der Waals surface area contributed by atoms with E-state index >= 15 is 0 Å². The molecule has 0 unspecified atom stereocenters. The second-order valence-corrected chi connectivity index (χ2v) is 6.61. The topological polar surface area (TPSA) is 65.5 Å². The first-order chi connectivity index (χ1) is 12.7. The molecule has 3 rings (SSSR count). The van der Waals surface area contributed by atoms with Gasteiger partial charge in [0.2, 0.25) is 6.41 Å². The first-order valence-electron chi connectivity index (χ1n) is 8.59.